The van der Waals surface area contributed by atoms with E-state index in [1.54, 1.807) is 38.3 Å². The summed E-state index contributed by atoms with van der Waals surface area (Å²) in [6, 6.07) is 15.8. The van der Waals surface area contributed by atoms with E-state index < -0.39 is 6.04 Å². The standard InChI is InChI=1S/C17H17N3O2/c1-12(19-15-8-3-4-9-16(15)22-2)17(21)20-14-7-5-6-13(10-14)11-18/h3-10,12,19H,1-2H3,(H,20,21). The van der Waals surface area contributed by atoms with Crippen molar-refractivity contribution in [2.45, 2.75) is 13.0 Å². The molecule has 2 rings (SSSR count). The van der Waals surface area contributed by atoms with Crippen molar-refractivity contribution < 1.29 is 9.53 Å². The molecule has 0 aliphatic carbocycles. The summed E-state index contributed by atoms with van der Waals surface area (Å²) < 4.78 is 5.24. The maximum absolute atomic E-state index is 12.2. The monoisotopic (exact) mass is 295 g/mol. The van der Waals surface area contributed by atoms with Gasteiger partial charge in [-0.25, -0.2) is 0 Å². The van der Waals surface area contributed by atoms with Crippen LogP contribution in [0.25, 0.3) is 0 Å². The first-order valence-electron chi connectivity index (χ1n) is 6.84. The van der Waals surface area contributed by atoms with Gasteiger partial charge in [-0.2, -0.15) is 5.26 Å². The van der Waals surface area contributed by atoms with Gasteiger partial charge in [0, 0.05) is 5.69 Å². The Morgan fingerprint density at radius 2 is 2.00 bits per heavy atom. The molecule has 2 aromatic rings. The van der Waals surface area contributed by atoms with Gasteiger partial charge in [0.1, 0.15) is 11.8 Å². The number of carbonyl (C=O) groups is 1. The van der Waals surface area contributed by atoms with E-state index >= 15 is 0 Å². The number of rotatable bonds is 5. The summed E-state index contributed by atoms with van der Waals surface area (Å²) in [5, 5.41) is 14.8. The summed E-state index contributed by atoms with van der Waals surface area (Å²) in [7, 11) is 1.58. The summed E-state index contributed by atoms with van der Waals surface area (Å²) in [5.41, 5.74) is 1.85. The Morgan fingerprint density at radius 3 is 2.73 bits per heavy atom. The fourth-order valence-electron chi connectivity index (χ4n) is 1.98. The Hall–Kier alpha value is -3.00. The van der Waals surface area contributed by atoms with Gasteiger partial charge >= 0.3 is 0 Å². The van der Waals surface area contributed by atoms with E-state index in [9.17, 15) is 4.79 Å². The Kier molecular flexibility index (Phi) is 4.99. The zero-order chi connectivity index (χ0) is 15.9. The van der Waals surface area contributed by atoms with E-state index in [0.29, 0.717) is 17.0 Å². The minimum atomic E-state index is -0.456. The summed E-state index contributed by atoms with van der Waals surface area (Å²) in [6.07, 6.45) is 0. The third-order valence-corrected chi connectivity index (χ3v) is 3.13. The number of methoxy groups -OCH3 is 1. The van der Waals surface area contributed by atoms with Gasteiger partial charge in [-0.05, 0) is 37.3 Å². The van der Waals surface area contributed by atoms with Gasteiger partial charge in [0.2, 0.25) is 5.91 Å². The number of benzene rings is 2. The lowest BCUT2D eigenvalue weighted by atomic mass is 10.2. The quantitative estimate of drug-likeness (QED) is 0.889. The minimum Gasteiger partial charge on any atom is -0.495 e. The highest BCUT2D eigenvalue weighted by Crippen LogP contribution is 2.24. The highest BCUT2D eigenvalue weighted by atomic mass is 16.5. The van der Waals surface area contributed by atoms with Crippen LogP contribution in [0, 0.1) is 11.3 Å². The second kappa shape index (κ2) is 7.14. The Morgan fingerprint density at radius 1 is 1.23 bits per heavy atom. The second-order valence-corrected chi connectivity index (χ2v) is 4.75. The predicted molar refractivity (Wildman–Crippen MR) is 85.9 cm³/mol. The molecule has 0 aromatic heterocycles. The van der Waals surface area contributed by atoms with Crippen molar-refractivity contribution in [2.75, 3.05) is 17.7 Å². The van der Waals surface area contributed by atoms with Crippen molar-refractivity contribution in [1.29, 1.82) is 5.26 Å². The molecule has 0 aliphatic heterocycles. The molecule has 1 atom stereocenters. The van der Waals surface area contributed by atoms with Crippen LogP contribution in [0.5, 0.6) is 5.75 Å². The van der Waals surface area contributed by atoms with E-state index in [2.05, 4.69) is 10.6 Å². The molecule has 0 radical (unpaired) electrons. The molecular weight excluding hydrogens is 278 g/mol. The highest BCUT2D eigenvalue weighted by Gasteiger charge is 2.14. The molecule has 0 bridgehead atoms. The maximum Gasteiger partial charge on any atom is 0.246 e. The van der Waals surface area contributed by atoms with Crippen LogP contribution in [0.2, 0.25) is 0 Å². The fourth-order valence-corrected chi connectivity index (χ4v) is 1.98. The minimum absolute atomic E-state index is 0.194. The van der Waals surface area contributed by atoms with Gasteiger partial charge in [0.15, 0.2) is 0 Å². The van der Waals surface area contributed by atoms with Gasteiger partial charge in [0.05, 0.1) is 24.4 Å². The Labute approximate surface area is 129 Å². The Bertz CT molecular complexity index is 707. The number of ether oxygens (including phenoxy) is 1. The van der Waals surface area contributed by atoms with Crippen LogP contribution in [0.1, 0.15) is 12.5 Å². The highest BCUT2D eigenvalue weighted by molar-refractivity contribution is 5.96. The number of carbonyl (C=O) groups excluding carboxylic acids is 1. The molecule has 0 heterocycles. The van der Waals surface area contributed by atoms with E-state index in [1.165, 1.54) is 0 Å². The largest absolute Gasteiger partial charge is 0.495 e. The van der Waals surface area contributed by atoms with Crippen LogP contribution in [0.4, 0.5) is 11.4 Å². The van der Waals surface area contributed by atoms with Crippen LogP contribution in [-0.2, 0) is 4.79 Å². The van der Waals surface area contributed by atoms with Crippen molar-refractivity contribution in [1.82, 2.24) is 0 Å². The average molecular weight is 295 g/mol. The number of para-hydroxylation sites is 2. The number of nitriles is 1. The molecular formula is C17H17N3O2. The molecule has 0 spiro atoms. The maximum atomic E-state index is 12.2. The number of nitrogens with zero attached hydrogens (tertiary/aromatic N) is 1. The van der Waals surface area contributed by atoms with E-state index in [1.807, 2.05) is 30.3 Å². The smallest absolute Gasteiger partial charge is 0.246 e. The predicted octanol–water partition coefficient (Wildman–Crippen LogP) is 3.01. The first-order valence-corrected chi connectivity index (χ1v) is 6.84. The third-order valence-electron chi connectivity index (χ3n) is 3.13. The molecule has 1 unspecified atom stereocenters. The SMILES string of the molecule is COc1ccccc1NC(C)C(=O)Nc1cccc(C#N)c1. The van der Waals surface area contributed by atoms with Gasteiger partial charge in [0.25, 0.3) is 0 Å². The third kappa shape index (κ3) is 3.76. The zero-order valence-electron chi connectivity index (χ0n) is 12.5. The van der Waals surface area contributed by atoms with Gasteiger partial charge in [-0.1, -0.05) is 18.2 Å². The van der Waals surface area contributed by atoms with E-state index in [0.717, 1.165) is 5.69 Å². The molecule has 0 aliphatic rings. The van der Waals surface area contributed by atoms with Crippen molar-refractivity contribution in [3.05, 3.63) is 54.1 Å². The number of amides is 1. The number of anilines is 2. The summed E-state index contributed by atoms with van der Waals surface area (Å²) in [4.78, 5) is 12.2. The van der Waals surface area contributed by atoms with Crippen LogP contribution in [-0.4, -0.2) is 19.1 Å². The normalized spacial score (nSPS) is 11.1. The van der Waals surface area contributed by atoms with Crippen molar-refractivity contribution >= 4 is 17.3 Å². The van der Waals surface area contributed by atoms with Gasteiger partial charge in [-0.3, -0.25) is 4.79 Å². The lowest BCUT2D eigenvalue weighted by molar-refractivity contribution is -0.116. The van der Waals surface area contributed by atoms with Crippen molar-refractivity contribution in [3.63, 3.8) is 0 Å². The lowest BCUT2D eigenvalue weighted by Crippen LogP contribution is -2.32. The summed E-state index contributed by atoms with van der Waals surface area (Å²) >= 11 is 0. The molecule has 0 fully saturated rings. The number of nitrogens with one attached hydrogen (secondary N) is 2. The topological polar surface area (TPSA) is 74.2 Å². The average Bonchev–Trinajstić information content (AvgIpc) is 2.55. The van der Waals surface area contributed by atoms with Crippen LogP contribution in [0.3, 0.4) is 0 Å². The fraction of sp³-hybridized carbons (Fsp3) is 0.176. The zero-order valence-corrected chi connectivity index (χ0v) is 12.5. The molecule has 22 heavy (non-hydrogen) atoms. The molecule has 2 N–H and O–H groups in total. The van der Waals surface area contributed by atoms with Gasteiger partial charge in [-0.15, -0.1) is 0 Å². The van der Waals surface area contributed by atoms with Gasteiger partial charge < -0.3 is 15.4 Å². The summed E-state index contributed by atoms with van der Waals surface area (Å²) in [5.74, 6) is 0.481. The molecule has 112 valence electrons. The lowest BCUT2D eigenvalue weighted by Gasteiger charge is -2.17. The van der Waals surface area contributed by atoms with Crippen LogP contribution in [0.15, 0.2) is 48.5 Å². The number of hydrogen-bond donors (Lipinski definition) is 2. The second-order valence-electron chi connectivity index (χ2n) is 4.75. The van der Waals surface area contributed by atoms with E-state index in [4.69, 9.17) is 10.00 Å². The molecule has 2 aromatic carbocycles. The Balaban J connectivity index is 2.04. The molecule has 1 amide bonds. The van der Waals surface area contributed by atoms with Crippen LogP contribution >= 0.6 is 0 Å². The first kappa shape index (κ1) is 15.4. The van der Waals surface area contributed by atoms with Crippen molar-refractivity contribution in [3.8, 4) is 11.8 Å². The molecule has 5 heteroatoms. The van der Waals surface area contributed by atoms with Crippen molar-refractivity contribution in [2.24, 2.45) is 0 Å². The molecule has 0 saturated heterocycles. The molecule has 0 saturated carbocycles. The van der Waals surface area contributed by atoms with E-state index in [-0.39, 0.29) is 5.91 Å². The number of hydrogen-bond acceptors (Lipinski definition) is 4. The molecule has 5 nitrogen and oxygen atoms in total. The summed E-state index contributed by atoms with van der Waals surface area (Å²) in [6.45, 7) is 1.76. The van der Waals surface area contributed by atoms with Crippen LogP contribution < -0.4 is 15.4 Å². The first-order chi connectivity index (χ1) is 10.6.